The number of ether oxygens (including phenoxy) is 4. The molecule has 0 fully saturated rings. The van der Waals surface area contributed by atoms with E-state index in [0.717, 1.165) is 102 Å². The van der Waals surface area contributed by atoms with E-state index in [4.69, 9.17) is 37.0 Å². The number of phosphoric acid groups is 2. The fraction of sp³-hybridized carbons (Fsp3) is 0.953. The fourth-order valence-corrected chi connectivity index (χ4v) is 14.8. The molecule has 618 valence electrons. The van der Waals surface area contributed by atoms with Crippen molar-refractivity contribution in [1.29, 1.82) is 0 Å². The highest BCUT2D eigenvalue weighted by Gasteiger charge is 2.30. The first-order valence-corrected chi connectivity index (χ1v) is 47.0. The molecule has 3 N–H and O–H groups in total. The second-order valence-corrected chi connectivity index (χ2v) is 34.2. The van der Waals surface area contributed by atoms with E-state index in [1.54, 1.807) is 0 Å². The van der Waals surface area contributed by atoms with Crippen LogP contribution in [0.1, 0.15) is 452 Å². The lowest BCUT2D eigenvalue weighted by molar-refractivity contribution is -0.161. The molecular weight excluding hydrogens is 1350 g/mol. The molecule has 3 unspecified atom stereocenters. The maximum Gasteiger partial charge on any atom is 0.472 e. The van der Waals surface area contributed by atoms with E-state index in [0.29, 0.717) is 25.7 Å². The topological polar surface area (TPSA) is 237 Å². The van der Waals surface area contributed by atoms with E-state index in [9.17, 15) is 43.2 Å². The lowest BCUT2D eigenvalue weighted by atomic mass is 9.99. The number of aliphatic hydroxyl groups excluding tert-OH is 1. The van der Waals surface area contributed by atoms with E-state index >= 15 is 0 Å². The minimum absolute atomic E-state index is 0.107. The fourth-order valence-electron chi connectivity index (χ4n) is 13.2. The number of rotatable bonds is 84. The molecule has 6 atom stereocenters. The third-order valence-corrected chi connectivity index (χ3v) is 22.2. The number of carbonyl (C=O) groups excluding carboxylic acids is 4. The van der Waals surface area contributed by atoms with Gasteiger partial charge in [0.15, 0.2) is 12.2 Å². The summed E-state index contributed by atoms with van der Waals surface area (Å²) in [7, 11) is -9.92. The predicted molar refractivity (Wildman–Crippen MR) is 428 cm³/mol. The summed E-state index contributed by atoms with van der Waals surface area (Å²) >= 11 is 0. The van der Waals surface area contributed by atoms with Crippen molar-refractivity contribution in [2.24, 2.45) is 11.8 Å². The Labute approximate surface area is 638 Å². The zero-order valence-electron chi connectivity index (χ0n) is 68.3. The quantitative estimate of drug-likeness (QED) is 0.0222. The largest absolute Gasteiger partial charge is 0.472 e. The first-order chi connectivity index (χ1) is 50.4. The molecule has 0 spiro atoms. The highest BCUT2D eigenvalue weighted by atomic mass is 31.2. The van der Waals surface area contributed by atoms with Crippen molar-refractivity contribution >= 4 is 39.5 Å². The zero-order chi connectivity index (χ0) is 76.4. The van der Waals surface area contributed by atoms with Gasteiger partial charge < -0.3 is 33.8 Å². The summed E-state index contributed by atoms with van der Waals surface area (Å²) in [5, 5.41) is 10.7. The van der Waals surface area contributed by atoms with Crippen molar-refractivity contribution in [3.63, 3.8) is 0 Å². The normalized spacial score (nSPS) is 14.1. The summed E-state index contributed by atoms with van der Waals surface area (Å²) in [4.78, 5) is 73.2. The maximum atomic E-state index is 13.1. The third kappa shape index (κ3) is 76.8. The van der Waals surface area contributed by atoms with Crippen LogP contribution < -0.4 is 0 Å². The number of unbranched alkanes of at least 4 members (excludes halogenated alkanes) is 53. The van der Waals surface area contributed by atoms with Crippen LogP contribution in [0.4, 0.5) is 0 Å². The van der Waals surface area contributed by atoms with Gasteiger partial charge in [0.2, 0.25) is 0 Å². The Bertz CT molecular complexity index is 2000. The molecule has 0 saturated carbocycles. The molecule has 0 rings (SSSR count). The third-order valence-electron chi connectivity index (χ3n) is 20.3. The maximum absolute atomic E-state index is 13.1. The molecule has 0 aromatic carbocycles. The first kappa shape index (κ1) is 102. The molecule has 0 aliphatic carbocycles. The number of aliphatic hydroxyl groups is 1. The first-order valence-electron chi connectivity index (χ1n) is 44.0. The summed E-state index contributed by atoms with van der Waals surface area (Å²) in [6, 6.07) is 0. The summed E-state index contributed by atoms with van der Waals surface area (Å²) in [5.41, 5.74) is 0. The average Bonchev–Trinajstić information content (AvgIpc) is 0.904. The Balaban J connectivity index is 5.22. The van der Waals surface area contributed by atoms with Crippen LogP contribution in [0.15, 0.2) is 0 Å². The van der Waals surface area contributed by atoms with Gasteiger partial charge in [0.05, 0.1) is 26.4 Å². The van der Waals surface area contributed by atoms with E-state index in [2.05, 4.69) is 41.5 Å². The van der Waals surface area contributed by atoms with Crippen LogP contribution in [0.2, 0.25) is 0 Å². The summed E-state index contributed by atoms with van der Waals surface area (Å²) < 4.78 is 68.8. The molecule has 0 aromatic rings. The highest BCUT2D eigenvalue weighted by Crippen LogP contribution is 2.45. The second-order valence-electron chi connectivity index (χ2n) is 31.3. The standard InChI is InChI=1S/C85H166O17P2/c1-7-10-12-14-16-18-20-22-23-24-25-26-27-28-29-30-36-40-44-52-58-64-70-85(90)101-80(73-95-82(87)67-61-55-49-42-38-35-32-31-34-37-41-48-54-60-66-78(6)9-3)75-99-103(91,92)97-71-79(86)72-98-104(93,94)100-76-81(74-96-83(88)68-62-56-50-46-45-47-53-59-65-77(4)5)102-84(89)69-63-57-51-43-39-33-21-19-17-15-13-11-8-2/h77-81,86H,7-76H2,1-6H3,(H,91,92)(H,93,94)/t78?,79-,80-,81-/m1/s1. The lowest BCUT2D eigenvalue weighted by Gasteiger charge is -2.21. The van der Waals surface area contributed by atoms with Crippen LogP contribution in [0.5, 0.6) is 0 Å². The highest BCUT2D eigenvalue weighted by molar-refractivity contribution is 7.47. The molecule has 19 heteroatoms. The van der Waals surface area contributed by atoms with Crippen molar-refractivity contribution in [1.82, 2.24) is 0 Å². The molecule has 17 nitrogen and oxygen atoms in total. The Morgan fingerprint density at radius 2 is 0.490 bits per heavy atom. The monoisotopic (exact) mass is 1520 g/mol. The van der Waals surface area contributed by atoms with Gasteiger partial charge in [-0.2, -0.15) is 0 Å². The number of carbonyl (C=O) groups is 4. The number of phosphoric ester groups is 2. The molecular formula is C85H166O17P2. The van der Waals surface area contributed by atoms with E-state index in [1.165, 1.54) is 270 Å². The minimum Gasteiger partial charge on any atom is -0.462 e. The smallest absolute Gasteiger partial charge is 0.462 e. The molecule has 0 aromatic heterocycles. The molecule has 0 aliphatic rings. The molecule has 0 radical (unpaired) electrons. The minimum atomic E-state index is -4.97. The Morgan fingerprint density at radius 3 is 0.731 bits per heavy atom. The van der Waals surface area contributed by atoms with Gasteiger partial charge in [0, 0.05) is 25.7 Å². The van der Waals surface area contributed by atoms with Crippen molar-refractivity contribution in [2.75, 3.05) is 39.6 Å². The Morgan fingerprint density at radius 1 is 0.279 bits per heavy atom. The van der Waals surface area contributed by atoms with E-state index in [1.807, 2.05) is 0 Å². The van der Waals surface area contributed by atoms with Crippen LogP contribution in [0, 0.1) is 11.8 Å². The second kappa shape index (κ2) is 76.4. The van der Waals surface area contributed by atoms with Crippen LogP contribution >= 0.6 is 15.6 Å². The van der Waals surface area contributed by atoms with Gasteiger partial charge in [-0.25, -0.2) is 9.13 Å². The van der Waals surface area contributed by atoms with Gasteiger partial charge in [-0.15, -0.1) is 0 Å². The van der Waals surface area contributed by atoms with Crippen LogP contribution in [-0.4, -0.2) is 96.7 Å². The summed E-state index contributed by atoms with van der Waals surface area (Å²) in [6.45, 7) is 9.68. The summed E-state index contributed by atoms with van der Waals surface area (Å²) in [5.74, 6) is -0.528. The van der Waals surface area contributed by atoms with E-state index < -0.39 is 97.5 Å². The predicted octanol–water partition coefficient (Wildman–Crippen LogP) is 25.8. The molecule has 0 bridgehead atoms. The van der Waals surface area contributed by atoms with Crippen molar-refractivity contribution in [3.8, 4) is 0 Å². The molecule has 0 amide bonds. The van der Waals surface area contributed by atoms with Gasteiger partial charge in [0.1, 0.15) is 19.3 Å². The van der Waals surface area contributed by atoms with Crippen LogP contribution in [-0.2, 0) is 65.4 Å². The van der Waals surface area contributed by atoms with E-state index in [-0.39, 0.29) is 25.7 Å². The van der Waals surface area contributed by atoms with Crippen LogP contribution in [0.3, 0.4) is 0 Å². The molecule has 0 heterocycles. The van der Waals surface area contributed by atoms with Gasteiger partial charge in [-0.3, -0.25) is 37.3 Å². The number of esters is 4. The molecule has 0 aliphatic heterocycles. The van der Waals surface area contributed by atoms with Crippen LogP contribution in [0.25, 0.3) is 0 Å². The molecule has 104 heavy (non-hydrogen) atoms. The van der Waals surface area contributed by atoms with Crippen molar-refractivity contribution < 1.29 is 80.2 Å². The van der Waals surface area contributed by atoms with Crippen molar-refractivity contribution in [3.05, 3.63) is 0 Å². The number of hydrogen-bond donors (Lipinski definition) is 3. The van der Waals surface area contributed by atoms with Gasteiger partial charge in [0.25, 0.3) is 0 Å². The lowest BCUT2D eigenvalue weighted by Crippen LogP contribution is -2.30. The Hall–Kier alpha value is -1.94. The van der Waals surface area contributed by atoms with Gasteiger partial charge >= 0.3 is 39.5 Å². The van der Waals surface area contributed by atoms with Crippen molar-refractivity contribution in [2.45, 2.75) is 471 Å². The Kier molecular flexibility index (Phi) is 75.0. The average molecular weight is 1520 g/mol. The number of hydrogen-bond acceptors (Lipinski definition) is 15. The summed E-state index contributed by atoms with van der Waals surface area (Å²) in [6.07, 6.45) is 68.1. The zero-order valence-corrected chi connectivity index (χ0v) is 70.1. The molecule has 0 saturated heterocycles. The SMILES string of the molecule is CCCCCCCCCCCCCCCCCCCCCCCCC(=O)O[C@H](COC(=O)CCCCCCCCCCCCCCCCC(C)CC)COP(=O)(O)OC[C@@H](O)COP(=O)(O)OC[C@@H](COC(=O)CCCCCCCCCCC(C)C)OC(=O)CCCCCCCCCCCCCCC. The van der Waals surface area contributed by atoms with Gasteiger partial charge in [-0.1, -0.05) is 401 Å². The van der Waals surface area contributed by atoms with Gasteiger partial charge in [-0.05, 0) is 37.5 Å².